The number of aromatic nitrogens is 1. The van der Waals surface area contributed by atoms with E-state index in [0.717, 1.165) is 28.8 Å². The van der Waals surface area contributed by atoms with Gasteiger partial charge in [0, 0.05) is 28.9 Å². The van der Waals surface area contributed by atoms with Crippen LogP contribution in [-0.4, -0.2) is 24.4 Å². The van der Waals surface area contributed by atoms with Gasteiger partial charge in [-0.3, -0.25) is 0 Å². The smallest absolute Gasteiger partial charge is 0.149 e. The van der Waals surface area contributed by atoms with Gasteiger partial charge in [0.05, 0.1) is 7.11 Å². The largest absolute Gasteiger partial charge is 0.496 e. The molecule has 1 aromatic carbocycles. The van der Waals surface area contributed by atoms with Crippen LogP contribution in [0, 0.1) is 6.92 Å². The molecule has 0 aliphatic heterocycles. The van der Waals surface area contributed by atoms with Gasteiger partial charge in [-0.25, -0.2) is 4.98 Å². The Morgan fingerprint density at radius 1 is 1.43 bits per heavy atom. The zero-order valence-electron chi connectivity index (χ0n) is 12.8. The maximum Gasteiger partial charge on any atom is 0.149 e. The molecule has 1 heterocycles. The summed E-state index contributed by atoms with van der Waals surface area (Å²) in [6.45, 7) is 5.31. The molecule has 1 N–H and O–H groups in total. The minimum absolute atomic E-state index is 0.272. The van der Waals surface area contributed by atoms with E-state index in [9.17, 15) is 0 Å². The van der Waals surface area contributed by atoms with E-state index in [1.54, 1.807) is 30.2 Å². The lowest BCUT2D eigenvalue weighted by atomic mass is 10.0. The molecule has 5 heteroatoms. The van der Waals surface area contributed by atoms with Crippen LogP contribution in [0.25, 0.3) is 0 Å². The number of hydrogen-bond acceptors (Lipinski definition) is 5. The minimum Gasteiger partial charge on any atom is -0.496 e. The molecule has 0 aliphatic carbocycles. The summed E-state index contributed by atoms with van der Waals surface area (Å²) in [5.41, 5.74) is 2.49. The van der Waals surface area contributed by atoms with E-state index in [-0.39, 0.29) is 6.04 Å². The van der Waals surface area contributed by atoms with Crippen LogP contribution < -0.4 is 10.1 Å². The molecule has 0 bridgehead atoms. The standard InChI is InChI=1S/C16H22N2OS2/c1-4-7-17-14(11-21-16-18-8-9-20-16)13-10-12(2)5-6-15(13)19-3/h5-6,8-10,14,17H,4,7,11H2,1-3H3. The van der Waals surface area contributed by atoms with Gasteiger partial charge in [0.1, 0.15) is 10.1 Å². The molecule has 0 amide bonds. The average Bonchev–Trinajstić information content (AvgIpc) is 3.01. The number of thiazole rings is 1. The highest BCUT2D eigenvalue weighted by molar-refractivity contribution is 8.01. The third-order valence-corrected chi connectivity index (χ3v) is 5.24. The normalized spacial score (nSPS) is 12.3. The number of rotatable bonds is 8. The SMILES string of the molecule is CCCNC(CSc1nccs1)c1cc(C)ccc1OC. The molecule has 3 nitrogen and oxygen atoms in total. The molecule has 0 spiro atoms. The molecule has 1 aromatic heterocycles. The number of thioether (sulfide) groups is 1. The number of ether oxygens (including phenoxy) is 1. The van der Waals surface area contributed by atoms with Gasteiger partial charge in [-0.05, 0) is 26.0 Å². The second-order valence-electron chi connectivity index (χ2n) is 4.86. The molecular formula is C16H22N2OS2. The Morgan fingerprint density at radius 3 is 2.95 bits per heavy atom. The summed E-state index contributed by atoms with van der Waals surface area (Å²) in [7, 11) is 1.74. The Morgan fingerprint density at radius 2 is 2.29 bits per heavy atom. The summed E-state index contributed by atoms with van der Waals surface area (Å²) in [5, 5.41) is 5.64. The van der Waals surface area contributed by atoms with Crippen molar-refractivity contribution in [3.8, 4) is 5.75 Å². The van der Waals surface area contributed by atoms with Crippen LogP contribution >= 0.6 is 23.1 Å². The lowest BCUT2D eigenvalue weighted by Gasteiger charge is -2.21. The van der Waals surface area contributed by atoms with E-state index in [4.69, 9.17) is 4.74 Å². The summed E-state index contributed by atoms with van der Waals surface area (Å²) in [5.74, 6) is 1.90. The maximum absolute atomic E-state index is 5.54. The Bertz CT molecular complexity index is 543. The number of benzene rings is 1. The Kier molecular flexibility index (Phi) is 6.54. The molecular weight excluding hydrogens is 300 g/mol. The fourth-order valence-electron chi connectivity index (χ4n) is 2.14. The van der Waals surface area contributed by atoms with E-state index in [2.05, 4.69) is 42.3 Å². The molecule has 0 aliphatic rings. The van der Waals surface area contributed by atoms with Gasteiger partial charge in [-0.1, -0.05) is 36.4 Å². The van der Waals surface area contributed by atoms with Crippen molar-refractivity contribution in [1.82, 2.24) is 10.3 Å². The first-order chi connectivity index (χ1) is 10.2. The summed E-state index contributed by atoms with van der Waals surface area (Å²) in [6.07, 6.45) is 2.97. The third kappa shape index (κ3) is 4.73. The maximum atomic E-state index is 5.54. The molecule has 114 valence electrons. The van der Waals surface area contributed by atoms with Crippen LogP contribution in [-0.2, 0) is 0 Å². The van der Waals surface area contributed by atoms with Gasteiger partial charge in [0.2, 0.25) is 0 Å². The van der Waals surface area contributed by atoms with Gasteiger partial charge < -0.3 is 10.1 Å². The molecule has 2 aromatic rings. The van der Waals surface area contributed by atoms with Crippen molar-refractivity contribution in [2.24, 2.45) is 0 Å². The Hall–Kier alpha value is -1.04. The van der Waals surface area contributed by atoms with Gasteiger partial charge in [-0.15, -0.1) is 11.3 Å². The highest BCUT2D eigenvalue weighted by atomic mass is 32.2. The fourth-order valence-corrected chi connectivity index (χ4v) is 3.88. The van der Waals surface area contributed by atoms with E-state index in [1.807, 2.05) is 11.6 Å². The molecule has 0 saturated carbocycles. The van der Waals surface area contributed by atoms with Crippen molar-refractivity contribution in [3.05, 3.63) is 40.9 Å². The predicted octanol–water partition coefficient (Wildman–Crippen LogP) is 4.29. The molecule has 1 atom stereocenters. The number of aryl methyl sites for hydroxylation is 1. The fraction of sp³-hybridized carbons (Fsp3) is 0.438. The van der Waals surface area contributed by atoms with Crippen LogP contribution in [0.4, 0.5) is 0 Å². The first-order valence-electron chi connectivity index (χ1n) is 7.14. The van der Waals surface area contributed by atoms with Crippen molar-refractivity contribution in [3.63, 3.8) is 0 Å². The molecule has 1 unspecified atom stereocenters. The Balaban J connectivity index is 2.16. The number of methoxy groups -OCH3 is 1. The molecule has 0 fully saturated rings. The lowest BCUT2D eigenvalue weighted by molar-refractivity contribution is 0.402. The van der Waals surface area contributed by atoms with Crippen molar-refractivity contribution in [2.45, 2.75) is 30.6 Å². The summed E-state index contributed by atoms with van der Waals surface area (Å²) in [4.78, 5) is 4.34. The predicted molar refractivity (Wildman–Crippen MR) is 91.6 cm³/mol. The molecule has 21 heavy (non-hydrogen) atoms. The topological polar surface area (TPSA) is 34.2 Å². The zero-order chi connectivity index (χ0) is 15.1. The molecule has 2 rings (SSSR count). The lowest BCUT2D eigenvalue weighted by Crippen LogP contribution is -2.24. The van der Waals surface area contributed by atoms with Crippen LogP contribution in [0.2, 0.25) is 0 Å². The van der Waals surface area contributed by atoms with Crippen LogP contribution in [0.3, 0.4) is 0 Å². The van der Waals surface area contributed by atoms with Crippen molar-refractivity contribution in [2.75, 3.05) is 19.4 Å². The summed E-state index contributed by atoms with van der Waals surface area (Å²) < 4.78 is 6.65. The van der Waals surface area contributed by atoms with Crippen molar-refractivity contribution in [1.29, 1.82) is 0 Å². The van der Waals surface area contributed by atoms with E-state index >= 15 is 0 Å². The summed E-state index contributed by atoms with van der Waals surface area (Å²) >= 11 is 3.48. The van der Waals surface area contributed by atoms with E-state index in [0.29, 0.717) is 0 Å². The second kappa shape index (κ2) is 8.41. The first kappa shape index (κ1) is 16.3. The van der Waals surface area contributed by atoms with Crippen LogP contribution in [0.5, 0.6) is 5.75 Å². The quantitative estimate of drug-likeness (QED) is 0.735. The van der Waals surface area contributed by atoms with Crippen molar-refractivity contribution >= 4 is 23.1 Å². The third-order valence-electron chi connectivity index (χ3n) is 3.18. The monoisotopic (exact) mass is 322 g/mol. The van der Waals surface area contributed by atoms with Gasteiger partial charge in [0.25, 0.3) is 0 Å². The average molecular weight is 322 g/mol. The van der Waals surface area contributed by atoms with Crippen LogP contribution in [0.1, 0.15) is 30.5 Å². The highest BCUT2D eigenvalue weighted by Crippen LogP contribution is 2.31. The highest BCUT2D eigenvalue weighted by Gasteiger charge is 2.16. The molecule has 0 radical (unpaired) electrons. The van der Waals surface area contributed by atoms with Crippen molar-refractivity contribution < 1.29 is 4.74 Å². The first-order valence-corrected chi connectivity index (χ1v) is 9.01. The number of nitrogens with one attached hydrogen (secondary N) is 1. The second-order valence-corrected chi connectivity index (χ2v) is 7.02. The van der Waals surface area contributed by atoms with Crippen LogP contribution in [0.15, 0.2) is 34.1 Å². The number of hydrogen-bond donors (Lipinski definition) is 1. The van der Waals surface area contributed by atoms with E-state index < -0.39 is 0 Å². The van der Waals surface area contributed by atoms with Gasteiger partial charge in [-0.2, -0.15) is 0 Å². The minimum atomic E-state index is 0.272. The zero-order valence-corrected chi connectivity index (χ0v) is 14.4. The van der Waals surface area contributed by atoms with Gasteiger partial charge in [0.15, 0.2) is 0 Å². The Labute approximate surface area is 135 Å². The summed E-state index contributed by atoms with van der Waals surface area (Å²) in [6, 6.07) is 6.63. The van der Waals surface area contributed by atoms with E-state index in [1.165, 1.54) is 11.1 Å². The van der Waals surface area contributed by atoms with Gasteiger partial charge >= 0.3 is 0 Å². The number of nitrogens with zero attached hydrogens (tertiary/aromatic N) is 1. The molecule has 0 saturated heterocycles.